The van der Waals surface area contributed by atoms with Gasteiger partial charge >= 0.3 is 0 Å². The molecule has 25 heavy (non-hydrogen) atoms. The van der Waals surface area contributed by atoms with Crippen LogP contribution in [-0.4, -0.2) is 15.5 Å². The molecule has 5 heteroatoms. The summed E-state index contributed by atoms with van der Waals surface area (Å²) in [6.07, 6.45) is 4.86. The van der Waals surface area contributed by atoms with Crippen molar-refractivity contribution in [2.24, 2.45) is 11.1 Å². The Morgan fingerprint density at radius 3 is 2.36 bits per heavy atom. The molecule has 0 aliphatic rings. The molecule has 0 saturated carbocycles. The highest BCUT2D eigenvalue weighted by atomic mass is 16.5. The van der Waals surface area contributed by atoms with Crippen molar-refractivity contribution in [3.05, 3.63) is 78.9 Å². The fourth-order valence-corrected chi connectivity index (χ4v) is 2.63. The molecule has 5 nitrogen and oxygen atoms in total. The van der Waals surface area contributed by atoms with Gasteiger partial charge < -0.3 is 15.0 Å². The van der Waals surface area contributed by atoms with E-state index in [1.54, 1.807) is 26.4 Å². The highest BCUT2D eigenvalue weighted by Gasteiger charge is 2.38. The summed E-state index contributed by atoms with van der Waals surface area (Å²) >= 11 is 0. The molecule has 1 amide bonds. The summed E-state index contributed by atoms with van der Waals surface area (Å²) in [6.45, 7) is 3.60. The number of carbonyl (C=O) groups is 1. The van der Waals surface area contributed by atoms with Crippen LogP contribution in [0.4, 0.5) is 0 Å². The molecule has 2 aromatic carbocycles. The first-order chi connectivity index (χ1) is 12.0. The van der Waals surface area contributed by atoms with Crippen molar-refractivity contribution in [1.82, 2.24) is 9.55 Å². The Morgan fingerprint density at radius 1 is 1.12 bits per heavy atom. The van der Waals surface area contributed by atoms with Gasteiger partial charge in [-0.15, -0.1) is 0 Å². The average molecular weight is 335 g/mol. The lowest BCUT2D eigenvalue weighted by Crippen LogP contribution is -2.39. The second kappa shape index (κ2) is 6.81. The van der Waals surface area contributed by atoms with Gasteiger partial charge in [0.2, 0.25) is 5.91 Å². The molecular weight excluding hydrogens is 314 g/mol. The minimum absolute atomic E-state index is 0.406. The lowest BCUT2D eigenvalue weighted by atomic mass is 9.81. The molecule has 3 aromatic rings. The van der Waals surface area contributed by atoms with Gasteiger partial charge in [-0.05, 0) is 43.7 Å². The smallest absolute Gasteiger partial charge is 0.227 e. The number of nitrogens with zero attached hydrogens (tertiary/aromatic N) is 2. The van der Waals surface area contributed by atoms with Crippen LogP contribution in [0.25, 0.3) is 5.69 Å². The number of nitrogens with two attached hydrogens (primary N) is 1. The number of carbonyl (C=O) groups excluding carboxylic acids is 1. The van der Waals surface area contributed by atoms with E-state index >= 15 is 0 Å². The number of aromatic nitrogens is 2. The number of hydrogen-bond donors (Lipinski definition) is 1. The maximum absolute atomic E-state index is 12.0. The lowest BCUT2D eigenvalue weighted by Gasteiger charge is -2.32. The Balaban J connectivity index is 1.89. The third-order valence-electron chi connectivity index (χ3n) is 4.29. The van der Waals surface area contributed by atoms with Gasteiger partial charge in [-0.1, -0.05) is 30.3 Å². The average Bonchev–Trinajstić information content (AvgIpc) is 3.15. The van der Waals surface area contributed by atoms with Crippen molar-refractivity contribution in [3.63, 3.8) is 0 Å². The van der Waals surface area contributed by atoms with E-state index < -0.39 is 17.4 Å². The molecule has 1 heterocycles. The van der Waals surface area contributed by atoms with E-state index in [9.17, 15) is 4.79 Å². The molecule has 1 aromatic heterocycles. The Labute approximate surface area is 147 Å². The monoisotopic (exact) mass is 335 g/mol. The molecule has 0 fully saturated rings. The van der Waals surface area contributed by atoms with E-state index in [2.05, 4.69) is 4.98 Å². The maximum Gasteiger partial charge on any atom is 0.227 e. The largest absolute Gasteiger partial charge is 0.485 e. The number of benzene rings is 2. The summed E-state index contributed by atoms with van der Waals surface area (Å²) in [7, 11) is 0. The molecule has 1 atom stereocenters. The van der Waals surface area contributed by atoms with Gasteiger partial charge in [0.25, 0.3) is 0 Å². The first-order valence-corrected chi connectivity index (χ1v) is 8.08. The van der Waals surface area contributed by atoms with Gasteiger partial charge in [-0.25, -0.2) is 4.98 Å². The molecular formula is C20H21N3O2. The lowest BCUT2D eigenvalue weighted by molar-refractivity contribution is -0.131. The molecule has 1 unspecified atom stereocenters. The van der Waals surface area contributed by atoms with E-state index in [0.717, 1.165) is 11.3 Å². The highest BCUT2D eigenvalue weighted by Crippen LogP contribution is 2.37. The summed E-state index contributed by atoms with van der Waals surface area (Å²) < 4.78 is 8.08. The van der Waals surface area contributed by atoms with Gasteiger partial charge in [0.05, 0.1) is 11.7 Å². The number of imidazole rings is 1. The predicted octanol–water partition coefficient (Wildman–Crippen LogP) is 3.50. The van der Waals surface area contributed by atoms with Crippen LogP contribution in [0.15, 0.2) is 73.3 Å². The quantitative estimate of drug-likeness (QED) is 0.749. The molecule has 0 spiro atoms. The first-order valence-electron chi connectivity index (χ1n) is 8.08. The van der Waals surface area contributed by atoms with Crippen LogP contribution >= 0.6 is 0 Å². The summed E-state index contributed by atoms with van der Waals surface area (Å²) in [5.41, 5.74) is 6.65. The minimum Gasteiger partial charge on any atom is -0.485 e. The molecule has 0 bridgehead atoms. The SMILES string of the molecule is CC(C)(C(N)=O)C(Oc1ccc(-n2ccnc2)cc1)c1ccccc1. The fourth-order valence-electron chi connectivity index (χ4n) is 2.63. The van der Waals surface area contributed by atoms with Crippen LogP contribution in [0, 0.1) is 5.41 Å². The van der Waals surface area contributed by atoms with Crippen LogP contribution in [0.2, 0.25) is 0 Å². The van der Waals surface area contributed by atoms with Crippen molar-refractivity contribution < 1.29 is 9.53 Å². The van der Waals surface area contributed by atoms with E-state index in [4.69, 9.17) is 10.5 Å². The summed E-state index contributed by atoms with van der Waals surface area (Å²) in [5.74, 6) is 0.267. The normalized spacial score (nSPS) is 12.6. The van der Waals surface area contributed by atoms with Crippen LogP contribution in [0.1, 0.15) is 25.5 Å². The number of hydrogen-bond acceptors (Lipinski definition) is 3. The zero-order chi connectivity index (χ0) is 17.9. The number of ether oxygens (including phenoxy) is 1. The molecule has 0 aliphatic heterocycles. The number of primary amides is 1. The van der Waals surface area contributed by atoms with Gasteiger partial charge in [-0.2, -0.15) is 0 Å². The van der Waals surface area contributed by atoms with Gasteiger partial charge in [0.1, 0.15) is 11.9 Å². The third-order valence-corrected chi connectivity index (χ3v) is 4.29. The second-order valence-electron chi connectivity index (χ2n) is 6.46. The van der Waals surface area contributed by atoms with Crippen LogP contribution < -0.4 is 10.5 Å². The van der Waals surface area contributed by atoms with Crippen molar-refractivity contribution in [1.29, 1.82) is 0 Å². The van der Waals surface area contributed by atoms with Crippen LogP contribution in [0.5, 0.6) is 5.75 Å². The zero-order valence-corrected chi connectivity index (χ0v) is 14.3. The maximum atomic E-state index is 12.0. The predicted molar refractivity (Wildman–Crippen MR) is 96.4 cm³/mol. The standard InChI is InChI=1S/C20H21N3O2/c1-20(2,19(21)24)18(15-6-4-3-5-7-15)25-17-10-8-16(9-11-17)23-13-12-22-14-23/h3-14,18H,1-2H3,(H2,21,24). The molecule has 0 saturated heterocycles. The second-order valence-corrected chi connectivity index (χ2v) is 6.46. The fraction of sp³-hybridized carbons (Fsp3) is 0.200. The topological polar surface area (TPSA) is 70.1 Å². The van der Waals surface area contributed by atoms with E-state index in [1.165, 1.54) is 0 Å². The van der Waals surface area contributed by atoms with Crippen molar-refractivity contribution >= 4 is 5.91 Å². The Morgan fingerprint density at radius 2 is 1.80 bits per heavy atom. The van der Waals surface area contributed by atoms with Gasteiger partial charge in [0.15, 0.2) is 0 Å². The Kier molecular flexibility index (Phi) is 4.57. The van der Waals surface area contributed by atoms with Crippen molar-refractivity contribution in [2.45, 2.75) is 20.0 Å². The van der Waals surface area contributed by atoms with Crippen LogP contribution in [-0.2, 0) is 4.79 Å². The molecule has 3 rings (SSSR count). The number of amides is 1. The first kappa shape index (κ1) is 16.8. The number of rotatable bonds is 6. The summed E-state index contributed by atoms with van der Waals surface area (Å²) in [5, 5.41) is 0. The molecule has 2 N–H and O–H groups in total. The van der Waals surface area contributed by atoms with Crippen LogP contribution in [0.3, 0.4) is 0 Å². The van der Waals surface area contributed by atoms with Gasteiger partial charge in [-0.3, -0.25) is 4.79 Å². The zero-order valence-electron chi connectivity index (χ0n) is 14.3. The minimum atomic E-state index is -0.857. The summed E-state index contributed by atoms with van der Waals surface area (Å²) in [6, 6.07) is 17.3. The van der Waals surface area contributed by atoms with Crippen molar-refractivity contribution in [2.75, 3.05) is 0 Å². The molecule has 0 radical (unpaired) electrons. The molecule has 0 aliphatic carbocycles. The Bertz CT molecular complexity index is 825. The van der Waals surface area contributed by atoms with E-state index in [1.807, 2.05) is 65.4 Å². The third kappa shape index (κ3) is 3.55. The molecule has 128 valence electrons. The summed E-state index contributed by atoms with van der Waals surface area (Å²) in [4.78, 5) is 16.0. The van der Waals surface area contributed by atoms with E-state index in [-0.39, 0.29) is 0 Å². The van der Waals surface area contributed by atoms with Gasteiger partial charge in [0, 0.05) is 18.1 Å². The Hall–Kier alpha value is -3.08. The van der Waals surface area contributed by atoms with Crippen molar-refractivity contribution in [3.8, 4) is 11.4 Å². The highest BCUT2D eigenvalue weighted by molar-refractivity contribution is 5.81. The van der Waals surface area contributed by atoms with E-state index in [0.29, 0.717) is 5.75 Å².